The monoisotopic (exact) mass is 360 g/mol. The van der Waals surface area contributed by atoms with Gasteiger partial charge in [0.1, 0.15) is 40.8 Å². The maximum Gasteiger partial charge on any atom is 0.343 e. The number of para-hydroxylation sites is 1. The number of halogens is 2. The second-order valence-electron chi connectivity index (χ2n) is 5.06. The standard InChI is InChI=1S/C16H14F2N6O2/c1-2-26-16(25)9-7-22-24(15(9)19)13-6-12(20-8-21-13)23-14-10(17)4-3-5-11(14)18/h3-8H,2,19H2,1H3,(H,20,21,23). The highest BCUT2D eigenvalue weighted by atomic mass is 19.1. The number of hydrogen-bond acceptors (Lipinski definition) is 7. The molecule has 0 saturated heterocycles. The Morgan fingerprint density at radius 2 is 2.04 bits per heavy atom. The van der Waals surface area contributed by atoms with Crippen LogP contribution >= 0.6 is 0 Å². The van der Waals surface area contributed by atoms with Crippen molar-refractivity contribution in [2.75, 3.05) is 17.7 Å². The van der Waals surface area contributed by atoms with Gasteiger partial charge in [-0.05, 0) is 19.1 Å². The molecule has 3 rings (SSSR count). The minimum absolute atomic E-state index is 0.0187. The molecule has 1 aromatic carbocycles. The van der Waals surface area contributed by atoms with Gasteiger partial charge in [0.15, 0.2) is 5.82 Å². The second-order valence-corrected chi connectivity index (χ2v) is 5.06. The second kappa shape index (κ2) is 7.13. The maximum atomic E-state index is 13.8. The molecule has 0 aliphatic rings. The van der Waals surface area contributed by atoms with Gasteiger partial charge in [-0.3, -0.25) is 0 Å². The zero-order valence-corrected chi connectivity index (χ0v) is 13.6. The summed E-state index contributed by atoms with van der Waals surface area (Å²) >= 11 is 0. The highest BCUT2D eigenvalue weighted by molar-refractivity contribution is 5.94. The largest absolute Gasteiger partial charge is 0.462 e. The SMILES string of the molecule is CCOC(=O)c1cnn(-c2cc(Nc3c(F)cccc3F)ncn2)c1N. The van der Waals surface area contributed by atoms with Gasteiger partial charge in [0, 0.05) is 6.07 Å². The molecule has 3 N–H and O–H groups in total. The number of nitrogens with zero attached hydrogens (tertiary/aromatic N) is 4. The predicted octanol–water partition coefficient (Wildman–Crippen LogP) is 2.44. The molecule has 0 fully saturated rings. The van der Waals surface area contributed by atoms with Crippen LogP contribution in [0.2, 0.25) is 0 Å². The zero-order valence-electron chi connectivity index (χ0n) is 13.6. The summed E-state index contributed by atoms with van der Waals surface area (Å²) in [7, 11) is 0. The number of aromatic nitrogens is 4. The fourth-order valence-electron chi connectivity index (χ4n) is 2.18. The molecule has 2 heterocycles. The van der Waals surface area contributed by atoms with E-state index in [1.54, 1.807) is 6.92 Å². The molecule has 0 saturated carbocycles. The Kier molecular flexibility index (Phi) is 4.74. The van der Waals surface area contributed by atoms with Crippen LogP contribution in [-0.2, 0) is 4.74 Å². The average molecular weight is 360 g/mol. The Morgan fingerprint density at radius 3 is 2.73 bits per heavy atom. The van der Waals surface area contributed by atoms with Crippen LogP contribution in [0.3, 0.4) is 0 Å². The van der Waals surface area contributed by atoms with E-state index >= 15 is 0 Å². The summed E-state index contributed by atoms with van der Waals surface area (Å²) < 4.78 is 33.6. The van der Waals surface area contributed by atoms with Crippen molar-refractivity contribution in [1.82, 2.24) is 19.7 Å². The highest BCUT2D eigenvalue weighted by Crippen LogP contribution is 2.23. The first kappa shape index (κ1) is 17.3. The van der Waals surface area contributed by atoms with Crippen LogP contribution in [0.25, 0.3) is 5.82 Å². The molecule has 134 valence electrons. The van der Waals surface area contributed by atoms with Gasteiger partial charge in [-0.25, -0.2) is 23.5 Å². The lowest BCUT2D eigenvalue weighted by molar-refractivity contribution is 0.0527. The Hall–Kier alpha value is -3.56. The van der Waals surface area contributed by atoms with Gasteiger partial charge < -0.3 is 15.8 Å². The van der Waals surface area contributed by atoms with Crippen molar-refractivity contribution >= 4 is 23.3 Å². The number of ether oxygens (including phenoxy) is 1. The lowest BCUT2D eigenvalue weighted by Crippen LogP contribution is -2.10. The summed E-state index contributed by atoms with van der Waals surface area (Å²) in [5.74, 6) is -1.82. The van der Waals surface area contributed by atoms with Crippen molar-refractivity contribution in [1.29, 1.82) is 0 Å². The Balaban J connectivity index is 1.92. The van der Waals surface area contributed by atoms with Crippen LogP contribution in [0.15, 0.2) is 36.8 Å². The van der Waals surface area contributed by atoms with Crippen molar-refractivity contribution in [3.8, 4) is 5.82 Å². The van der Waals surface area contributed by atoms with Crippen molar-refractivity contribution < 1.29 is 18.3 Å². The smallest absolute Gasteiger partial charge is 0.343 e. The molecule has 0 radical (unpaired) electrons. The average Bonchev–Trinajstić information content (AvgIpc) is 3.00. The minimum Gasteiger partial charge on any atom is -0.462 e. The van der Waals surface area contributed by atoms with Crippen molar-refractivity contribution in [2.24, 2.45) is 0 Å². The van der Waals surface area contributed by atoms with Crippen LogP contribution < -0.4 is 11.1 Å². The van der Waals surface area contributed by atoms with Gasteiger partial charge in [0.2, 0.25) is 0 Å². The van der Waals surface area contributed by atoms with E-state index in [4.69, 9.17) is 10.5 Å². The highest BCUT2D eigenvalue weighted by Gasteiger charge is 2.18. The Labute approximate surface area is 146 Å². The third-order valence-electron chi connectivity index (χ3n) is 3.39. The van der Waals surface area contributed by atoms with E-state index in [-0.39, 0.29) is 35.3 Å². The lowest BCUT2D eigenvalue weighted by Gasteiger charge is -2.09. The van der Waals surface area contributed by atoms with E-state index in [9.17, 15) is 13.6 Å². The quantitative estimate of drug-likeness (QED) is 0.673. The van der Waals surface area contributed by atoms with E-state index in [2.05, 4.69) is 20.4 Å². The van der Waals surface area contributed by atoms with E-state index in [0.29, 0.717) is 0 Å². The third kappa shape index (κ3) is 3.29. The summed E-state index contributed by atoms with van der Waals surface area (Å²) in [4.78, 5) is 19.7. The van der Waals surface area contributed by atoms with E-state index in [0.717, 1.165) is 12.1 Å². The molecule has 0 spiro atoms. The number of nitrogens with one attached hydrogen (secondary N) is 1. The predicted molar refractivity (Wildman–Crippen MR) is 89.2 cm³/mol. The minimum atomic E-state index is -0.770. The molecule has 10 heteroatoms. The number of nitrogen functional groups attached to an aromatic ring is 1. The molecule has 0 unspecified atom stereocenters. The van der Waals surface area contributed by atoms with Gasteiger partial charge in [0.25, 0.3) is 0 Å². The third-order valence-corrected chi connectivity index (χ3v) is 3.39. The molecule has 26 heavy (non-hydrogen) atoms. The fourth-order valence-corrected chi connectivity index (χ4v) is 2.18. The van der Waals surface area contributed by atoms with E-state index < -0.39 is 17.6 Å². The summed E-state index contributed by atoms with van der Waals surface area (Å²) in [6.45, 7) is 1.86. The zero-order chi connectivity index (χ0) is 18.7. The molecular weight excluding hydrogens is 346 g/mol. The summed E-state index contributed by atoms with van der Waals surface area (Å²) in [6.07, 6.45) is 2.42. The van der Waals surface area contributed by atoms with Crippen LogP contribution in [0.5, 0.6) is 0 Å². The molecular formula is C16H14F2N6O2. The number of carbonyl (C=O) groups excluding carboxylic acids is 1. The van der Waals surface area contributed by atoms with Crippen LogP contribution in [0.1, 0.15) is 17.3 Å². The van der Waals surface area contributed by atoms with E-state index in [1.807, 2.05) is 0 Å². The first-order valence-electron chi connectivity index (χ1n) is 7.55. The first-order chi connectivity index (χ1) is 12.5. The van der Waals surface area contributed by atoms with Gasteiger partial charge in [-0.2, -0.15) is 9.78 Å². The molecule has 3 aromatic rings. The van der Waals surface area contributed by atoms with Crippen LogP contribution in [0, 0.1) is 11.6 Å². The number of nitrogens with two attached hydrogens (primary N) is 1. The van der Waals surface area contributed by atoms with Crippen molar-refractivity contribution in [3.63, 3.8) is 0 Å². The number of esters is 1. The van der Waals surface area contributed by atoms with Gasteiger partial charge >= 0.3 is 5.97 Å². The summed E-state index contributed by atoms with van der Waals surface area (Å²) in [5.41, 5.74) is 5.65. The van der Waals surface area contributed by atoms with Gasteiger partial charge in [-0.15, -0.1) is 0 Å². The topological polar surface area (TPSA) is 108 Å². The number of benzene rings is 1. The van der Waals surface area contributed by atoms with Gasteiger partial charge in [-0.1, -0.05) is 6.07 Å². The molecule has 0 atom stereocenters. The fraction of sp³-hybridized carbons (Fsp3) is 0.125. The number of hydrogen-bond donors (Lipinski definition) is 2. The number of anilines is 3. The molecule has 0 aliphatic carbocycles. The molecule has 0 bridgehead atoms. The first-order valence-corrected chi connectivity index (χ1v) is 7.55. The van der Waals surface area contributed by atoms with Crippen LogP contribution in [0.4, 0.5) is 26.1 Å². The van der Waals surface area contributed by atoms with Crippen LogP contribution in [-0.4, -0.2) is 32.3 Å². The maximum absolute atomic E-state index is 13.8. The summed E-state index contributed by atoms with van der Waals surface area (Å²) in [6, 6.07) is 4.86. The molecule has 8 nitrogen and oxygen atoms in total. The Bertz CT molecular complexity index is 939. The molecule has 2 aromatic heterocycles. The molecule has 0 amide bonds. The Morgan fingerprint density at radius 1 is 1.31 bits per heavy atom. The number of rotatable bonds is 5. The lowest BCUT2D eigenvalue weighted by atomic mass is 10.3. The van der Waals surface area contributed by atoms with E-state index in [1.165, 1.54) is 29.3 Å². The molecule has 0 aliphatic heterocycles. The number of carbonyl (C=O) groups is 1. The van der Waals surface area contributed by atoms with Crippen molar-refractivity contribution in [2.45, 2.75) is 6.92 Å². The summed E-state index contributed by atoms with van der Waals surface area (Å²) in [5, 5.41) is 6.54. The van der Waals surface area contributed by atoms with Crippen molar-refractivity contribution in [3.05, 3.63) is 54.0 Å². The normalized spacial score (nSPS) is 10.6. The van der Waals surface area contributed by atoms with Gasteiger partial charge in [0.05, 0.1) is 12.8 Å².